The number of pyridine rings is 1. The van der Waals surface area contributed by atoms with Crippen molar-refractivity contribution in [3.63, 3.8) is 0 Å². The molecule has 7 nitrogen and oxygen atoms in total. The molecule has 0 atom stereocenters. The molecule has 24 heavy (non-hydrogen) atoms. The van der Waals surface area contributed by atoms with Crippen molar-refractivity contribution in [1.82, 2.24) is 30.1 Å². The maximum atomic E-state index is 5.44. The van der Waals surface area contributed by atoms with Crippen LogP contribution < -0.4 is 5.32 Å². The Balaban J connectivity index is 1.40. The van der Waals surface area contributed by atoms with E-state index in [-0.39, 0.29) is 0 Å². The monoisotopic (exact) mass is 324 g/mol. The first-order valence-corrected chi connectivity index (χ1v) is 8.10. The summed E-state index contributed by atoms with van der Waals surface area (Å²) in [5.41, 5.74) is 3.93. The Morgan fingerprint density at radius 1 is 1.25 bits per heavy atom. The van der Waals surface area contributed by atoms with E-state index in [2.05, 4.69) is 43.3 Å². The maximum Gasteiger partial charge on any atom is 0.151 e. The quantitative estimate of drug-likeness (QED) is 0.770. The van der Waals surface area contributed by atoms with Crippen LogP contribution in [0.4, 0.5) is 0 Å². The molecule has 124 valence electrons. The van der Waals surface area contributed by atoms with E-state index in [9.17, 15) is 0 Å². The molecule has 0 bridgehead atoms. The van der Waals surface area contributed by atoms with E-state index in [0.717, 1.165) is 49.0 Å². The summed E-state index contributed by atoms with van der Waals surface area (Å²) in [6.45, 7) is 4.28. The Morgan fingerprint density at radius 3 is 3.04 bits per heavy atom. The molecule has 0 radical (unpaired) electrons. The second-order valence-electron chi connectivity index (χ2n) is 6.09. The molecule has 0 saturated heterocycles. The van der Waals surface area contributed by atoms with E-state index in [1.807, 2.05) is 24.3 Å². The molecule has 1 N–H and O–H groups in total. The predicted molar refractivity (Wildman–Crippen MR) is 88.8 cm³/mol. The SMILES string of the molecule is CN(Cc1cc2n(n1)CCNC2)Cc1cc(-c2ccccn2)no1. The van der Waals surface area contributed by atoms with Crippen molar-refractivity contribution >= 4 is 0 Å². The van der Waals surface area contributed by atoms with Crippen LogP contribution in [0.1, 0.15) is 17.1 Å². The first-order valence-electron chi connectivity index (χ1n) is 8.10. The third-order valence-corrected chi connectivity index (χ3v) is 4.06. The van der Waals surface area contributed by atoms with Crippen molar-refractivity contribution in [2.75, 3.05) is 13.6 Å². The standard InChI is InChI=1S/C17H20N6O/c1-22(11-13-8-14-10-18-6-7-23(14)20-13)12-15-9-17(21-24-15)16-4-2-3-5-19-16/h2-5,8-9,18H,6-7,10-12H2,1H3. The molecule has 0 spiro atoms. The first-order chi connectivity index (χ1) is 11.8. The number of rotatable bonds is 5. The highest BCUT2D eigenvalue weighted by Crippen LogP contribution is 2.18. The smallest absolute Gasteiger partial charge is 0.151 e. The number of nitrogens with one attached hydrogen (secondary N) is 1. The van der Waals surface area contributed by atoms with Gasteiger partial charge in [-0.15, -0.1) is 0 Å². The topological polar surface area (TPSA) is 72.0 Å². The van der Waals surface area contributed by atoms with Gasteiger partial charge in [0.05, 0.1) is 30.2 Å². The molecule has 4 heterocycles. The Bertz CT molecular complexity index is 786. The molecule has 4 rings (SSSR count). The van der Waals surface area contributed by atoms with Crippen LogP contribution in [-0.2, 0) is 26.2 Å². The van der Waals surface area contributed by atoms with E-state index < -0.39 is 0 Å². The van der Waals surface area contributed by atoms with E-state index >= 15 is 0 Å². The third-order valence-electron chi connectivity index (χ3n) is 4.06. The minimum absolute atomic E-state index is 0.681. The van der Waals surface area contributed by atoms with Crippen molar-refractivity contribution in [1.29, 1.82) is 0 Å². The minimum atomic E-state index is 0.681. The molecule has 1 aliphatic heterocycles. The van der Waals surface area contributed by atoms with Crippen LogP contribution >= 0.6 is 0 Å². The van der Waals surface area contributed by atoms with Gasteiger partial charge in [-0.2, -0.15) is 5.10 Å². The molecular weight excluding hydrogens is 304 g/mol. The van der Waals surface area contributed by atoms with Crippen molar-refractivity contribution in [3.05, 3.63) is 53.7 Å². The fourth-order valence-corrected chi connectivity index (χ4v) is 2.95. The average molecular weight is 324 g/mol. The predicted octanol–water partition coefficient (Wildman–Crippen LogP) is 1.67. The lowest BCUT2D eigenvalue weighted by atomic mass is 10.2. The molecule has 7 heteroatoms. The Kier molecular flexibility index (Phi) is 4.10. The second kappa shape index (κ2) is 6.54. The summed E-state index contributed by atoms with van der Waals surface area (Å²) < 4.78 is 7.53. The molecule has 3 aromatic heterocycles. The number of nitrogens with zero attached hydrogens (tertiary/aromatic N) is 5. The molecule has 0 unspecified atom stereocenters. The highest BCUT2D eigenvalue weighted by Gasteiger charge is 2.14. The van der Waals surface area contributed by atoms with Crippen molar-refractivity contribution in [2.45, 2.75) is 26.2 Å². The van der Waals surface area contributed by atoms with Gasteiger partial charge in [-0.25, -0.2) is 0 Å². The van der Waals surface area contributed by atoms with Gasteiger partial charge >= 0.3 is 0 Å². The fraction of sp³-hybridized carbons (Fsp3) is 0.353. The van der Waals surface area contributed by atoms with Gasteiger partial charge < -0.3 is 9.84 Å². The van der Waals surface area contributed by atoms with Crippen LogP contribution in [0.25, 0.3) is 11.4 Å². The van der Waals surface area contributed by atoms with Crippen molar-refractivity contribution in [2.24, 2.45) is 0 Å². The van der Waals surface area contributed by atoms with Gasteiger partial charge in [-0.3, -0.25) is 14.6 Å². The lowest BCUT2D eigenvalue weighted by molar-refractivity contribution is 0.264. The molecule has 3 aromatic rings. The van der Waals surface area contributed by atoms with Gasteiger partial charge in [-0.05, 0) is 25.2 Å². The van der Waals surface area contributed by atoms with Crippen LogP contribution in [0.3, 0.4) is 0 Å². The van der Waals surface area contributed by atoms with E-state index in [0.29, 0.717) is 6.54 Å². The highest BCUT2D eigenvalue weighted by molar-refractivity contribution is 5.52. The van der Waals surface area contributed by atoms with Gasteiger partial charge in [0.1, 0.15) is 5.69 Å². The summed E-state index contributed by atoms with van der Waals surface area (Å²) in [6, 6.07) is 9.87. The second-order valence-corrected chi connectivity index (χ2v) is 6.09. The number of hydrogen-bond donors (Lipinski definition) is 1. The highest BCUT2D eigenvalue weighted by atomic mass is 16.5. The number of hydrogen-bond acceptors (Lipinski definition) is 6. The van der Waals surface area contributed by atoms with Crippen LogP contribution in [0.15, 0.2) is 41.1 Å². The summed E-state index contributed by atoms with van der Waals surface area (Å²) in [4.78, 5) is 6.46. The van der Waals surface area contributed by atoms with Gasteiger partial charge in [0, 0.05) is 31.9 Å². The lowest BCUT2D eigenvalue weighted by Gasteiger charge is -2.14. The summed E-state index contributed by atoms with van der Waals surface area (Å²) in [5, 5.41) is 12.1. The Morgan fingerprint density at radius 2 is 2.21 bits per heavy atom. The van der Waals surface area contributed by atoms with Crippen LogP contribution in [0.2, 0.25) is 0 Å². The van der Waals surface area contributed by atoms with Crippen LogP contribution in [0.5, 0.6) is 0 Å². The largest absolute Gasteiger partial charge is 0.359 e. The number of aromatic nitrogens is 4. The summed E-state index contributed by atoms with van der Waals surface area (Å²) in [6.07, 6.45) is 1.76. The molecule has 0 amide bonds. The summed E-state index contributed by atoms with van der Waals surface area (Å²) in [5.74, 6) is 0.823. The zero-order chi connectivity index (χ0) is 16.4. The molecule has 0 fully saturated rings. The summed E-state index contributed by atoms with van der Waals surface area (Å²) >= 11 is 0. The van der Waals surface area contributed by atoms with Gasteiger partial charge in [0.15, 0.2) is 5.76 Å². The fourth-order valence-electron chi connectivity index (χ4n) is 2.95. The maximum absolute atomic E-state index is 5.44. The Hall–Kier alpha value is -2.51. The molecular formula is C17H20N6O. The van der Waals surface area contributed by atoms with E-state index in [4.69, 9.17) is 4.52 Å². The normalized spacial score (nSPS) is 14.1. The van der Waals surface area contributed by atoms with Gasteiger partial charge in [0.2, 0.25) is 0 Å². The minimum Gasteiger partial charge on any atom is -0.359 e. The summed E-state index contributed by atoms with van der Waals surface area (Å²) in [7, 11) is 2.06. The molecule has 0 saturated carbocycles. The van der Waals surface area contributed by atoms with Crippen molar-refractivity contribution < 1.29 is 4.52 Å². The van der Waals surface area contributed by atoms with Gasteiger partial charge in [0.25, 0.3) is 0 Å². The average Bonchev–Trinajstić information content (AvgIpc) is 3.21. The number of fused-ring (bicyclic) bond motifs is 1. The van der Waals surface area contributed by atoms with Crippen molar-refractivity contribution in [3.8, 4) is 11.4 Å². The zero-order valence-electron chi connectivity index (χ0n) is 13.6. The third kappa shape index (κ3) is 3.22. The van der Waals surface area contributed by atoms with Crippen LogP contribution in [-0.4, -0.2) is 38.4 Å². The molecule has 1 aliphatic rings. The van der Waals surface area contributed by atoms with Crippen LogP contribution in [0, 0.1) is 0 Å². The first kappa shape index (κ1) is 15.0. The molecule has 0 aromatic carbocycles. The van der Waals surface area contributed by atoms with E-state index in [1.54, 1.807) is 6.20 Å². The van der Waals surface area contributed by atoms with Gasteiger partial charge in [-0.1, -0.05) is 11.2 Å². The lowest BCUT2D eigenvalue weighted by Crippen LogP contribution is -2.28. The zero-order valence-corrected chi connectivity index (χ0v) is 13.6. The molecule has 0 aliphatic carbocycles. The Labute approximate surface area is 140 Å². The van der Waals surface area contributed by atoms with E-state index in [1.165, 1.54) is 5.69 Å².